The summed E-state index contributed by atoms with van der Waals surface area (Å²) in [4.78, 5) is 11.7. The zero-order valence-corrected chi connectivity index (χ0v) is 11.6. The highest BCUT2D eigenvalue weighted by Gasteiger charge is 2.04. The molecular weight excluding hydrogens is 344 g/mol. The van der Waals surface area contributed by atoms with E-state index in [2.05, 4.69) is 27.9 Å². The maximum absolute atomic E-state index is 12.7. The highest BCUT2D eigenvalue weighted by atomic mass is 127. The summed E-state index contributed by atoms with van der Waals surface area (Å²) < 4.78 is 13.8. The van der Waals surface area contributed by atoms with Crippen molar-refractivity contribution >= 4 is 34.2 Å². The Morgan fingerprint density at radius 2 is 1.67 bits per heavy atom. The molecule has 0 unspecified atom stereocenters. The molecule has 1 amide bonds. The van der Waals surface area contributed by atoms with Crippen molar-refractivity contribution in [2.45, 2.75) is 6.42 Å². The minimum atomic E-state index is -0.295. The van der Waals surface area contributed by atoms with Crippen LogP contribution < -0.4 is 5.32 Å². The molecule has 0 saturated carbocycles. The fraction of sp³-hybridized carbons (Fsp3) is 0.0714. The maximum atomic E-state index is 12.7. The molecule has 2 rings (SSSR count). The molecule has 0 aromatic heterocycles. The van der Waals surface area contributed by atoms with E-state index in [9.17, 15) is 9.18 Å². The first-order valence-electron chi connectivity index (χ1n) is 5.43. The molecule has 0 aliphatic heterocycles. The molecular formula is C14H11FINO. The number of carbonyl (C=O) groups excluding carboxylic acids is 1. The van der Waals surface area contributed by atoms with Gasteiger partial charge in [0.2, 0.25) is 5.91 Å². The average Bonchev–Trinajstić information content (AvgIpc) is 2.35. The van der Waals surface area contributed by atoms with Gasteiger partial charge in [-0.05, 0) is 64.6 Å². The lowest BCUT2D eigenvalue weighted by atomic mass is 10.1. The zero-order valence-electron chi connectivity index (χ0n) is 9.49. The Balaban J connectivity index is 1.96. The van der Waals surface area contributed by atoms with Crippen molar-refractivity contribution in [3.05, 3.63) is 63.5 Å². The minimum Gasteiger partial charge on any atom is -0.326 e. The number of rotatable bonds is 3. The predicted octanol–water partition coefficient (Wildman–Crippen LogP) is 3.61. The van der Waals surface area contributed by atoms with Crippen LogP contribution in [-0.2, 0) is 11.2 Å². The van der Waals surface area contributed by atoms with Gasteiger partial charge in [0.15, 0.2) is 0 Å². The Bertz CT molecular complexity index is 487. The second-order valence-electron chi connectivity index (χ2n) is 3.86. The standard InChI is InChI=1S/C14H11FINO/c15-11-3-1-10(2-4-11)9-14(18)17-13-7-5-12(16)6-8-13/h1-8H,9H2,(H,17,18). The predicted molar refractivity (Wildman–Crippen MR) is 77.9 cm³/mol. The summed E-state index contributed by atoms with van der Waals surface area (Å²) in [5.74, 6) is -0.403. The maximum Gasteiger partial charge on any atom is 0.228 e. The molecule has 0 bridgehead atoms. The Kier molecular flexibility index (Phi) is 4.30. The van der Waals surface area contributed by atoms with Crippen LogP contribution in [-0.4, -0.2) is 5.91 Å². The molecule has 4 heteroatoms. The fourth-order valence-corrected chi connectivity index (χ4v) is 1.89. The van der Waals surface area contributed by atoms with Crippen molar-refractivity contribution in [2.24, 2.45) is 0 Å². The van der Waals surface area contributed by atoms with Crippen LogP contribution in [0.1, 0.15) is 5.56 Å². The molecule has 2 aromatic carbocycles. The first kappa shape index (κ1) is 13.0. The molecule has 0 heterocycles. The molecule has 0 radical (unpaired) electrons. The van der Waals surface area contributed by atoms with Crippen LogP contribution >= 0.6 is 22.6 Å². The third kappa shape index (κ3) is 3.80. The molecule has 0 atom stereocenters. The highest BCUT2D eigenvalue weighted by molar-refractivity contribution is 14.1. The molecule has 0 aliphatic carbocycles. The summed E-state index contributed by atoms with van der Waals surface area (Å²) in [5.41, 5.74) is 1.56. The van der Waals surface area contributed by atoms with E-state index in [4.69, 9.17) is 0 Å². The molecule has 0 saturated heterocycles. The van der Waals surface area contributed by atoms with Crippen molar-refractivity contribution in [3.8, 4) is 0 Å². The lowest BCUT2D eigenvalue weighted by molar-refractivity contribution is -0.115. The van der Waals surface area contributed by atoms with Crippen LogP contribution in [0.4, 0.5) is 10.1 Å². The van der Waals surface area contributed by atoms with Crippen molar-refractivity contribution in [2.75, 3.05) is 5.32 Å². The number of hydrogen-bond donors (Lipinski definition) is 1. The molecule has 1 N–H and O–H groups in total. The molecule has 92 valence electrons. The summed E-state index contributed by atoms with van der Waals surface area (Å²) in [6, 6.07) is 13.5. The smallest absolute Gasteiger partial charge is 0.228 e. The van der Waals surface area contributed by atoms with E-state index < -0.39 is 0 Å². The van der Waals surface area contributed by atoms with E-state index in [1.165, 1.54) is 12.1 Å². The number of hydrogen-bond acceptors (Lipinski definition) is 1. The summed E-state index contributed by atoms with van der Waals surface area (Å²) in [5, 5.41) is 2.80. The van der Waals surface area contributed by atoms with Crippen molar-refractivity contribution in [1.82, 2.24) is 0 Å². The number of nitrogens with one attached hydrogen (secondary N) is 1. The van der Waals surface area contributed by atoms with Gasteiger partial charge in [0.25, 0.3) is 0 Å². The van der Waals surface area contributed by atoms with Gasteiger partial charge < -0.3 is 5.32 Å². The van der Waals surface area contributed by atoms with Gasteiger partial charge in [-0.2, -0.15) is 0 Å². The van der Waals surface area contributed by atoms with Crippen LogP contribution in [0.3, 0.4) is 0 Å². The van der Waals surface area contributed by atoms with Gasteiger partial charge in [0.1, 0.15) is 5.82 Å². The van der Waals surface area contributed by atoms with E-state index in [1.807, 2.05) is 24.3 Å². The Morgan fingerprint density at radius 3 is 2.28 bits per heavy atom. The first-order chi connectivity index (χ1) is 8.63. The molecule has 0 aliphatic rings. The quantitative estimate of drug-likeness (QED) is 0.838. The summed E-state index contributed by atoms with van der Waals surface area (Å²) >= 11 is 2.20. The van der Waals surface area contributed by atoms with Crippen molar-refractivity contribution < 1.29 is 9.18 Å². The van der Waals surface area contributed by atoms with Gasteiger partial charge in [-0.3, -0.25) is 4.79 Å². The minimum absolute atomic E-state index is 0.109. The number of carbonyl (C=O) groups is 1. The summed E-state index contributed by atoms with van der Waals surface area (Å²) in [6.45, 7) is 0. The van der Waals surface area contributed by atoms with E-state index in [0.29, 0.717) is 0 Å². The molecule has 2 aromatic rings. The number of anilines is 1. The number of amides is 1. The molecule has 0 spiro atoms. The average molecular weight is 355 g/mol. The highest BCUT2D eigenvalue weighted by Crippen LogP contribution is 2.12. The van der Waals surface area contributed by atoms with Crippen LogP contribution in [0.25, 0.3) is 0 Å². The Hall–Kier alpha value is -1.43. The van der Waals surface area contributed by atoms with Crippen LogP contribution in [0, 0.1) is 9.39 Å². The van der Waals surface area contributed by atoms with Gasteiger partial charge in [-0.15, -0.1) is 0 Å². The lowest BCUT2D eigenvalue weighted by Crippen LogP contribution is -2.14. The van der Waals surface area contributed by atoms with Crippen LogP contribution in [0.5, 0.6) is 0 Å². The first-order valence-corrected chi connectivity index (χ1v) is 6.51. The summed E-state index contributed by atoms with van der Waals surface area (Å²) in [6.07, 6.45) is 0.242. The lowest BCUT2D eigenvalue weighted by Gasteiger charge is -2.05. The Labute approximate surface area is 118 Å². The molecule has 2 nitrogen and oxygen atoms in total. The van der Waals surface area contributed by atoms with Crippen LogP contribution in [0.15, 0.2) is 48.5 Å². The second-order valence-corrected chi connectivity index (χ2v) is 5.10. The van der Waals surface area contributed by atoms with E-state index >= 15 is 0 Å². The van der Waals surface area contributed by atoms with Gasteiger partial charge in [0.05, 0.1) is 6.42 Å². The van der Waals surface area contributed by atoms with E-state index in [1.54, 1.807) is 12.1 Å². The molecule has 0 fully saturated rings. The third-order valence-corrected chi connectivity index (χ3v) is 3.13. The third-order valence-electron chi connectivity index (χ3n) is 2.41. The second kappa shape index (κ2) is 5.95. The monoisotopic (exact) mass is 355 g/mol. The van der Waals surface area contributed by atoms with Crippen molar-refractivity contribution in [3.63, 3.8) is 0 Å². The zero-order chi connectivity index (χ0) is 13.0. The van der Waals surface area contributed by atoms with Crippen molar-refractivity contribution in [1.29, 1.82) is 0 Å². The van der Waals surface area contributed by atoms with Gasteiger partial charge >= 0.3 is 0 Å². The molecule has 18 heavy (non-hydrogen) atoms. The van der Waals surface area contributed by atoms with E-state index in [0.717, 1.165) is 14.8 Å². The SMILES string of the molecule is O=C(Cc1ccc(F)cc1)Nc1ccc(I)cc1. The van der Waals surface area contributed by atoms with E-state index in [-0.39, 0.29) is 18.1 Å². The van der Waals surface area contributed by atoms with Gasteiger partial charge in [0, 0.05) is 9.26 Å². The topological polar surface area (TPSA) is 29.1 Å². The summed E-state index contributed by atoms with van der Waals surface area (Å²) in [7, 11) is 0. The van der Waals surface area contributed by atoms with Crippen LogP contribution in [0.2, 0.25) is 0 Å². The van der Waals surface area contributed by atoms with Gasteiger partial charge in [-0.25, -0.2) is 4.39 Å². The normalized spacial score (nSPS) is 10.1. The number of benzene rings is 2. The van der Waals surface area contributed by atoms with Gasteiger partial charge in [-0.1, -0.05) is 12.1 Å². The fourth-order valence-electron chi connectivity index (χ4n) is 1.53. The Morgan fingerprint density at radius 1 is 1.06 bits per heavy atom. The number of halogens is 2. The largest absolute Gasteiger partial charge is 0.326 e.